The Hall–Kier alpha value is -8.53. The third kappa shape index (κ3) is 21.0. The van der Waals surface area contributed by atoms with Crippen molar-refractivity contribution in [2.45, 2.75) is 12.8 Å². The van der Waals surface area contributed by atoms with Crippen molar-refractivity contribution in [3.05, 3.63) is 200 Å². The lowest BCUT2D eigenvalue weighted by atomic mass is 10.2. The van der Waals surface area contributed by atoms with E-state index in [1.807, 2.05) is 0 Å². The molecule has 24 heteroatoms. The van der Waals surface area contributed by atoms with Crippen molar-refractivity contribution in [1.29, 1.82) is 0 Å². The predicted octanol–water partition coefficient (Wildman–Crippen LogP) is 8.59. The number of amides is 3. The molecule has 2 N–H and O–H groups in total. The quantitative estimate of drug-likeness (QED) is 0.0467. The van der Waals surface area contributed by atoms with Crippen molar-refractivity contribution in [1.82, 2.24) is 10.2 Å². The van der Waals surface area contributed by atoms with Crippen LogP contribution in [0.2, 0.25) is 0 Å². The summed E-state index contributed by atoms with van der Waals surface area (Å²) in [5.41, 5.74) is 1.67. The Morgan fingerprint density at radius 2 is 1.00 bits per heavy atom. The number of halogens is 3. The molecule has 4 aromatic rings. The molecular weight excluding hydrogens is 959 g/mol. The highest BCUT2D eigenvalue weighted by Gasteiger charge is 2.24. The first kappa shape index (κ1) is 55.6. The fraction of sp³-hybridized carbons (Fsp3) is 0.0909. The zero-order valence-corrected chi connectivity index (χ0v) is 37.1. The molecule has 0 unspecified atom stereocenters. The summed E-state index contributed by atoms with van der Waals surface area (Å²) in [6.45, 7) is 0.988. The van der Waals surface area contributed by atoms with Gasteiger partial charge in [-0.05, 0) is 65.4 Å². The predicted molar refractivity (Wildman–Crippen MR) is 250 cm³/mol. The highest BCUT2D eigenvalue weighted by Crippen LogP contribution is 2.18. The second kappa shape index (κ2) is 29.1. The van der Waals surface area contributed by atoms with E-state index in [1.165, 1.54) is 103 Å². The molecule has 0 atom stereocenters. The molecule has 0 spiro atoms. The van der Waals surface area contributed by atoms with E-state index in [2.05, 4.69) is 5.32 Å². The van der Waals surface area contributed by atoms with Crippen LogP contribution in [0.4, 0.5) is 22.7 Å². The molecule has 352 valence electrons. The van der Waals surface area contributed by atoms with Crippen LogP contribution in [-0.4, -0.2) is 78.0 Å². The number of aldehydes is 1. The van der Waals surface area contributed by atoms with Gasteiger partial charge in [0.15, 0.2) is 0 Å². The summed E-state index contributed by atoms with van der Waals surface area (Å²) in [6.07, 6.45) is 12.6. The van der Waals surface area contributed by atoms with Crippen molar-refractivity contribution >= 4 is 111 Å². The maximum atomic E-state index is 11.9. The minimum absolute atomic E-state index is 0.0193. The molecule has 21 nitrogen and oxygen atoms in total. The number of nitro benzene ring substituents is 4. The molecule has 0 fully saturated rings. The highest BCUT2D eigenvalue weighted by molar-refractivity contribution is 6.66. The van der Waals surface area contributed by atoms with E-state index in [4.69, 9.17) is 39.9 Å². The minimum atomic E-state index is -1.09. The number of rotatable bonds is 11. The van der Waals surface area contributed by atoms with E-state index < -0.39 is 42.7 Å². The molecule has 2 aliphatic heterocycles. The van der Waals surface area contributed by atoms with Gasteiger partial charge in [-0.3, -0.25) is 69.3 Å². The second-order valence-electron chi connectivity index (χ2n) is 12.9. The summed E-state index contributed by atoms with van der Waals surface area (Å²) in [5.74, 6) is -2.27. The zero-order chi connectivity index (χ0) is 50.8. The maximum Gasteiger partial charge on any atom is 0.328 e. The monoisotopic (exact) mass is 992 g/mol. The van der Waals surface area contributed by atoms with Crippen molar-refractivity contribution in [3.63, 3.8) is 0 Å². The number of nitro groups is 4. The number of nitrogens with zero attached hydrogens (tertiary/aromatic N) is 5. The van der Waals surface area contributed by atoms with Crippen molar-refractivity contribution in [2.75, 3.05) is 13.1 Å². The average molecular weight is 994 g/mol. The molecule has 2 heterocycles. The topological polar surface area (TPSA) is 310 Å². The number of hydrogen-bond acceptors (Lipinski definition) is 14. The Labute approximate surface area is 399 Å². The summed E-state index contributed by atoms with van der Waals surface area (Å²) in [5, 5.41) is 52.2. The van der Waals surface area contributed by atoms with Crippen LogP contribution in [0.1, 0.15) is 39.9 Å². The van der Waals surface area contributed by atoms with Gasteiger partial charge in [0, 0.05) is 79.3 Å². The summed E-state index contributed by atoms with van der Waals surface area (Å²) < 4.78 is 0. The molecule has 0 aromatic heterocycles. The first-order chi connectivity index (χ1) is 32.2. The largest absolute Gasteiger partial charge is 0.478 e. The van der Waals surface area contributed by atoms with Crippen LogP contribution < -0.4 is 5.32 Å². The molecule has 0 saturated heterocycles. The average Bonchev–Trinajstić information content (AvgIpc) is 3.32. The fourth-order valence-electron chi connectivity index (χ4n) is 4.93. The van der Waals surface area contributed by atoms with Gasteiger partial charge in [-0.1, -0.05) is 83.9 Å². The van der Waals surface area contributed by atoms with E-state index in [-0.39, 0.29) is 40.2 Å². The lowest BCUT2D eigenvalue weighted by Gasteiger charge is -2.21. The number of aliphatic carboxylic acids is 1. The van der Waals surface area contributed by atoms with Crippen LogP contribution in [0.5, 0.6) is 0 Å². The van der Waals surface area contributed by atoms with E-state index in [9.17, 15) is 69.2 Å². The van der Waals surface area contributed by atoms with Crippen molar-refractivity contribution in [3.8, 4) is 0 Å². The highest BCUT2D eigenvalue weighted by atomic mass is 35.5. The van der Waals surface area contributed by atoms with Crippen molar-refractivity contribution < 1.29 is 53.6 Å². The van der Waals surface area contributed by atoms with Crippen LogP contribution in [0.3, 0.4) is 0 Å². The van der Waals surface area contributed by atoms with E-state index in [0.29, 0.717) is 40.0 Å². The van der Waals surface area contributed by atoms with E-state index >= 15 is 0 Å². The smallest absolute Gasteiger partial charge is 0.328 e. The molecular formula is C44H35Cl3N6O15. The second-order valence-corrected chi connectivity index (χ2v) is 14.1. The number of imide groups is 1. The molecule has 68 heavy (non-hydrogen) atoms. The zero-order valence-electron chi connectivity index (χ0n) is 34.8. The third-order valence-corrected chi connectivity index (χ3v) is 8.83. The normalized spacial score (nSPS) is 12.7. The van der Waals surface area contributed by atoms with E-state index in [0.717, 1.165) is 30.0 Å². The summed E-state index contributed by atoms with van der Waals surface area (Å²) in [6, 6.07) is 23.1. The molecule has 4 aromatic carbocycles. The molecule has 0 bridgehead atoms. The number of carbonyl (C=O) groups is 6. The van der Waals surface area contributed by atoms with Crippen LogP contribution >= 0.6 is 34.8 Å². The number of nitrogens with one attached hydrogen (secondary N) is 1. The van der Waals surface area contributed by atoms with E-state index in [1.54, 1.807) is 30.4 Å². The number of allylic oxidation sites excluding steroid dienone is 1. The number of benzene rings is 4. The third-order valence-electron chi connectivity index (χ3n) is 8.07. The van der Waals surface area contributed by atoms with Crippen LogP contribution in [0.15, 0.2) is 138 Å². The molecule has 0 saturated carbocycles. The van der Waals surface area contributed by atoms with Gasteiger partial charge in [-0.25, -0.2) is 4.79 Å². The minimum Gasteiger partial charge on any atom is -0.478 e. The summed E-state index contributed by atoms with van der Waals surface area (Å²) in [4.78, 5) is 105. The van der Waals surface area contributed by atoms with Gasteiger partial charge in [0.05, 0.1) is 19.7 Å². The van der Waals surface area contributed by atoms with Crippen LogP contribution in [0.25, 0.3) is 18.2 Å². The SMILES string of the molecule is O=C(/C=C/c1cccc([N+](=O)[O-])c1)N1CCC=C(Cl)C1=O.O=C(Cl)/C=C/c1cccc([N+](=O)[O-])c1.O=C(O)/C=C/c1cccc([N+](=O)[O-])c1.O=C1NCCC=C1Cl.O=Cc1cccc([N+](=O)[O-])c1. The Balaban J connectivity index is 0.000000302. The number of non-ortho nitro benzene ring substituents is 4. The molecule has 0 aliphatic carbocycles. The molecule has 6 rings (SSSR count). The molecule has 2 aliphatic rings. The summed E-state index contributed by atoms with van der Waals surface area (Å²) in [7, 11) is 0. The number of hydrogen-bond donors (Lipinski definition) is 2. The Morgan fingerprint density at radius 3 is 1.37 bits per heavy atom. The van der Waals surface area contributed by atoms with Gasteiger partial charge >= 0.3 is 5.97 Å². The first-order valence-electron chi connectivity index (χ1n) is 19.0. The van der Waals surface area contributed by atoms with Crippen molar-refractivity contribution in [2.24, 2.45) is 0 Å². The van der Waals surface area contributed by atoms with Gasteiger partial charge in [0.1, 0.15) is 16.4 Å². The van der Waals surface area contributed by atoms with Crippen LogP contribution in [0, 0.1) is 40.5 Å². The van der Waals surface area contributed by atoms with Crippen LogP contribution in [-0.2, 0) is 24.0 Å². The molecule has 0 radical (unpaired) electrons. The number of carboxylic acid groups (broad SMARTS) is 1. The Bertz CT molecular complexity index is 2640. The number of carboxylic acids is 1. The van der Waals surface area contributed by atoms with Gasteiger partial charge in [0.25, 0.3) is 40.5 Å². The first-order valence-corrected chi connectivity index (χ1v) is 20.1. The lowest BCUT2D eigenvalue weighted by molar-refractivity contribution is -0.385. The van der Waals surface area contributed by atoms with Gasteiger partial charge in [0.2, 0.25) is 5.24 Å². The summed E-state index contributed by atoms with van der Waals surface area (Å²) >= 11 is 16.2. The standard InChI is InChI=1S/C14H11ClN2O4.C9H6ClNO3.C9H7NO4.C7H5NO3.C5H6ClNO/c15-12-5-2-8-16(14(12)19)13(18)7-6-10-3-1-4-11(9-10)17(20)21;10-9(12)5-4-7-2-1-3-8(6-7)11(13)14;11-9(12)5-4-7-2-1-3-8(6-7)10(13)14;9-5-6-2-1-3-7(4-6)8(10)11;6-4-2-1-3-7-5(4)8/h1,3-7,9H,2,8H2;1-6H;1-6H,(H,11,12);1-5H;2H,1,3H2,(H,7,8)/b7-6+;2*5-4+;;. The maximum absolute atomic E-state index is 11.9. The van der Waals surface area contributed by atoms with Gasteiger partial charge in [-0.2, -0.15) is 0 Å². The fourth-order valence-corrected chi connectivity index (χ4v) is 5.38. The molecule has 3 amide bonds. The Morgan fingerprint density at radius 1 is 0.603 bits per heavy atom. The van der Waals surface area contributed by atoms with Gasteiger partial charge in [-0.15, -0.1) is 0 Å². The lowest BCUT2D eigenvalue weighted by Crippen LogP contribution is -2.38. The number of carbonyl (C=O) groups excluding carboxylic acids is 5. The van der Waals surface area contributed by atoms with Gasteiger partial charge < -0.3 is 10.4 Å². The Kier molecular flexibility index (Phi) is 23.8.